The van der Waals surface area contributed by atoms with Crippen LogP contribution in [0.5, 0.6) is 0 Å². The summed E-state index contributed by atoms with van der Waals surface area (Å²) in [6.45, 7) is 1.17. The lowest BCUT2D eigenvalue weighted by atomic mass is 10.1. The van der Waals surface area contributed by atoms with Gasteiger partial charge in [-0.3, -0.25) is 0 Å². The number of halogens is 1. The summed E-state index contributed by atoms with van der Waals surface area (Å²) in [7, 11) is 0. The first-order chi connectivity index (χ1) is 9.28. The molecule has 1 aliphatic rings. The van der Waals surface area contributed by atoms with E-state index >= 15 is 0 Å². The SMILES string of the molecule is NCC#Cc1cc(F)cc(CSCC2CCCO2)c1. The van der Waals surface area contributed by atoms with Crippen molar-refractivity contribution in [3.05, 3.63) is 35.1 Å². The van der Waals surface area contributed by atoms with Crippen molar-refractivity contribution in [3.8, 4) is 11.8 Å². The van der Waals surface area contributed by atoms with E-state index in [0.29, 0.717) is 18.2 Å². The molecule has 0 spiro atoms. The molecule has 19 heavy (non-hydrogen) atoms. The monoisotopic (exact) mass is 279 g/mol. The Balaban J connectivity index is 1.89. The van der Waals surface area contributed by atoms with Crippen molar-refractivity contribution in [2.45, 2.75) is 24.7 Å². The highest BCUT2D eigenvalue weighted by Crippen LogP contribution is 2.21. The summed E-state index contributed by atoms with van der Waals surface area (Å²) >= 11 is 1.78. The summed E-state index contributed by atoms with van der Waals surface area (Å²) in [5.41, 5.74) is 6.97. The summed E-state index contributed by atoms with van der Waals surface area (Å²) < 4.78 is 19.0. The minimum absolute atomic E-state index is 0.239. The van der Waals surface area contributed by atoms with Gasteiger partial charge in [-0.25, -0.2) is 4.39 Å². The molecule has 2 nitrogen and oxygen atoms in total. The second-order valence-corrected chi connectivity index (χ2v) is 5.53. The van der Waals surface area contributed by atoms with Crippen molar-refractivity contribution in [2.24, 2.45) is 5.73 Å². The van der Waals surface area contributed by atoms with E-state index in [-0.39, 0.29) is 5.82 Å². The highest BCUT2D eigenvalue weighted by molar-refractivity contribution is 7.98. The Labute approximate surface area is 117 Å². The molecule has 2 rings (SSSR count). The Bertz CT molecular complexity index is 475. The summed E-state index contributed by atoms with van der Waals surface area (Å²) in [5.74, 6) is 7.13. The smallest absolute Gasteiger partial charge is 0.124 e. The highest BCUT2D eigenvalue weighted by Gasteiger charge is 2.15. The zero-order chi connectivity index (χ0) is 13.5. The van der Waals surface area contributed by atoms with Crippen LogP contribution >= 0.6 is 11.8 Å². The van der Waals surface area contributed by atoms with Crippen molar-refractivity contribution in [1.82, 2.24) is 0 Å². The maximum absolute atomic E-state index is 13.5. The van der Waals surface area contributed by atoms with Crippen molar-refractivity contribution in [3.63, 3.8) is 0 Å². The van der Waals surface area contributed by atoms with E-state index in [2.05, 4.69) is 11.8 Å². The molecule has 0 aromatic heterocycles. The van der Waals surface area contributed by atoms with E-state index in [9.17, 15) is 4.39 Å². The third-order valence-corrected chi connectivity index (χ3v) is 4.03. The molecule has 1 unspecified atom stereocenters. The molecule has 0 aliphatic carbocycles. The molecule has 1 aromatic carbocycles. The van der Waals surface area contributed by atoms with E-state index in [4.69, 9.17) is 10.5 Å². The van der Waals surface area contributed by atoms with Crippen LogP contribution in [0.4, 0.5) is 4.39 Å². The summed E-state index contributed by atoms with van der Waals surface area (Å²) in [6.07, 6.45) is 2.67. The van der Waals surface area contributed by atoms with Gasteiger partial charge in [-0.15, -0.1) is 0 Å². The summed E-state index contributed by atoms with van der Waals surface area (Å²) in [5, 5.41) is 0. The first kappa shape index (κ1) is 14.4. The Kier molecular flexibility index (Phi) is 5.71. The average molecular weight is 279 g/mol. The van der Waals surface area contributed by atoms with E-state index in [0.717, 1.165) is 36.5 Å². The van der Waals surface area contributed by atoms with Crippen LogP contribution in [0.25, 0.3) is 0 Å². The van der Waals surface area contributed by atoms with Gasteiger partial charge in [0.1, 0.15) is 5.82 Å². The zero-order valence-electron chi connectivity index (χ0n) is 10.8. The maximum Gasteiger partial charge on any atom is 0.124 e. The van der Waals surface area contributed by atoms with Crippen LogP contribution in [0.15, 0.2) is 18.2 Å². The van der Waals surface area contributed by atoms with Crippen LogP contribution in [-0.4, -0.2) is 25.0 Å². The summed E-state index contributed by atoms with van der Waals surface area (Å²) in [6, 6.07) is 4.93. The quantitative estimate of drug-likeness (QED) is 0.860. The number of ether oxygens (including phenoxy) is 1. The molecule has 1 saturated heterocycles. The Morgan fingerprint density at radius 3 is 3.05 bits per heavy atom. The van der Waals surface area contributed by atoms with Gasteiger partial charge in [0.05, 0.1) is 12.6 Å². The second kappa shape index (κ2) is 7.54. The molecule has 0 radical (unpaired) electrons. The summed E-state index contributed by atoms with van der Waals surface area (Å²) in [4.78, 5) is 0. The number of hydrogen-bond donors (Lipinski definition) is 1. The molecule has 1 heterocycles. The van der Waals surface area contributed by atoms with Gasteiger partial charge >= 0.3 is 0 Å². The number of benzene rings is 1. The predicted molar refractivity (Wildman–Crippen MR) is 77.5 cm³/mol. The first-order valence-electron chi connectivity index (χ1n) is 6.45. The minimum atomic E-state index is -0.239. The standard InChI is InChI=1S/C15H18FNOS/c16-14-8-12(3-1-5-17)7-13(9-14)10-19-11-15-4-2-6-18-15/h7-9,15H,2,4-6,10-11,17H2. The molecule has 0 bridgehead atoms. The predicted octanol–water partition coefficient (Wildman–Crippen LogP) is 2.55. The molecule has 1 fully saturated rings. The van der Waals surface area contributed by atoms with Gasteiger partial charge in [0.25, 0.3) is 0 Å². The molecule has 1 atom stereocenters. The van der Waals surface area contributed by atoms with Crippen molar-refractivity contribution < 1.29 is 9.13 Å². The molecule has 1 aromatic rings. The molecular weight excluding hydrogens is 261 g/mol. The fraction of sp³-hybridized carbons (Fsp3) is 0.467. The van der Waals surface area contributed by atoms with E-state index < -0.39 is 0 Å². The molecule has 4 heteroatoms. The molecule has 102 valence electrons. The molecule has 0 saturated carbocycles. The van der Waals surface area contributed by atoms with Crippen LogP contribution in [0.3, 0.4) is 0 Å². The van der Waals surface area contributed by atoms with Crippen molar-refractivity contribution >= 4 is 11.8 Å². The van der Waals surface area contributed by atoms with Gasteiger partial charge in [0, 0.05) is 23.7 Å². The lowest BCUT2D eigenvalue weighted by molar-refractivity contribution is 0.129. The molecule has 2 N–H and O–H groups in total. The van der Waals surface area contributed by atoms with Gasteiger partial charge in [0.15, 0.2) is 0 Å². The number of nitrogens with two attached hydrogens (primary N) is 1. The van der Waals surface area contributed by atoms with Gasteiger partial charge in [-0.1, -0.05) is 11.8 Å². The van der Waals surface area contributed by atoms with Gasteiger partial charge in [-0.2, -0.15) is 11.8 Å². The molecule has 1 aliphatic heterocycles. The first-order valence-corrected chi connectivity index (χ1v) is 7.61. The second-order valence-electron chi connectivity index (χ2n) is 4.50. The maximum atomic E-state index is 13.5. The lowest BCUT2D eigenvalue weighted by Crippen LogP contribution is -2.08. The third-order valence-electron chi connectivity index (χ3n) is 2.89. The van der Waals surface area contributed by atoms with E-state index in [1.165, 1.54) is 6.07 Å². The van der Waals surface area contributed by atoms with Gasteiger partial charge < -0.3 is 10.5 Å². The van der Waals surface area contributed by atoms with Crippen LogP contribution < -0.4 is 5.73 Å². The largest absolute Gasteiger partial charge is 0.377 e. The average Bonchev–Trinajstić information content (AvgIpc) is 2.89. The third kappa shape index (κ3) is 4.87. The fourth-order valence-corrected chi connectivity index (χ4v) is 3.09. The Morgan fingerprint density at radius 1 is 1.42 bits per heavy atom. The molecule has 0 amide bonds. The van der Waals surface area contributed by atoms with Crippen LogP contribution in [-0.2, 0) is 10.5 Å². The van der Waals surface area contributed by atoms with Gasteiger partial charge in [0.2, 0.25) is 0 Å². The number of hydrogen-bond acceptors (Lipinski definition) is 3. The number of thioether (sulfide) groups is 1. The van der Waals surface area contributed by atoms with Crippen LogP contribution in [0.2, 0.25) is 0 Å². The zero-order valence-corrected chi connectivity index (χ0v) is 11.6. The molecular formula is C15H18FNOS. The minimum Gasteiger partial charge on any atom is -0.377 e. The van der Waals surface area contributed by atoms with Crippen LogP contribution in [0, 0.1) is 17.7 Å². The van der Waals surface area contributed by atoms with E-state index in [1.807, 2.05) is 6.07 Å². The lowest BCUT2D eigenvalue weighted by Gasteiger charge is -2.08. The topological polar surface area (TPSA) is 35.2 Å². The highest BCUT2D eigenvalue weighted by atomic mass is 32.2. The van der Waals surface area contributed by atoms with Gasteiger partial charge in [-0.05, 0) is 36.6 Å². The van der Waals surface area contributed by atoms with Crippen LogP contribution in [0.1, 0.15) is 24.0 Å². The van der Waals surface area contributed by atoms with Crippen molar-refractivity contribution in [1.29, 1.82) is 0 Å². The Morgan fingerprint density at radius 2 is 2.32 bits per heavy atom. The fourth-order valence-electron chi connectivity index (χ4n) is 2.04. The van der Waals surface area contributed by atoms with E-state index in [1.54, 1.807) is 17.8 Å². The normalized spacial score (nSPS) is 18.1. The Hall–Kier alpha value is -1.02. The van der Waals surface area contributed by atoms with Crippen molar-refractivity contribution in [2.75, 3.05) is 18.9 Å². The number of rotatable bonds is 4.